The highest BCUT2D eigenvalue weighted by atomic mass is 13.9. The standard InChI is InChI=1S/C5H12.C3H8.C3H6.4C2H6.C2H4/c1-4-5(2)3;2*1-3-2;5*1-2/h5H,4H2,1-3H3;3H2,1-2H3;3H,1H2,2H3;4*1-2H3;1-2H2. The van der Waals surface area contributed by atoms with E-state index in [1.54, 1.807) is 6.08 Å². The molecular weight excluding hydrogens is 252 g/mol. The topological polar surface area (TPSA) is 0 Å². The van der Waals surface area contributed by atoms with Crippen molar-refractivity contribution in [2.45, 2.75) is 110 Å². The molecule has 0 rings (SSSR count). The summed E-state index contributed by atoms with van der Waals surface area (Å²) in [6, 6.07) is 0. The van der Waals surface area contributed by atoms with Crippen molar-refractivity contribution in [1.82, 2.24) is 0 Å². The van der Waals surface area contributed by atoms with Crippen LogP contribution in [0.25, 0.3) is 0 Å². The predicted octanol–water partition coefficient (Wildman–Crippen LogP) is 9.57. The average Bonchev–Trinajstić information content (AvgIpc) is 2.58. The van der Waals surface area contributed by atoms with E-state index in [4.69, 9.17) is 0 Å². The van der Waals surface area contributed by atoms with Crippen molar-refractivity contribution in [3.8, 4) is 0 Å². The van der Waals surface area contributed by atoms with Gasteiger partial charge in [0.05, 0.1) is 0 Å². The summed E-state index contributed by atoms with van der Waals surface area (Å²) in [7, 11) is 0. The smallest absolute Gasteiger partial charge is 0.0473 e. The van der Waals surface area contributed by atoms with Crippen molar-refractivity contribution in [2.24, 2.45) is 5.92 Å². The van der Waals surface area contributed by atoms with Gasteiger partial charge in [0.1, 0.15) is 0 Å². The normalized spacial score (nSPS) is 5.10. The Morgan fingerprint density at radius 3 is 0.762 bits per heavy atom. The Hall–Kier alpha value is -0.520. The van der Waals surface area contributed by atoms with Crippen LogP contribution in [-0.4, -0.2) is 0 Å². The fourth-order valence-electron chi connectivity index (χ4n) is 0. The molecule has 0 bridgehead atoms. The Balaban J connectivity index is -0.0000000159. The molecular formula is C21H54. The van der Waals surface area contributed by atoms with Crippen LogP contribution >= 0.6 is 0 Å². The summed E-state index contributed by atoms with van der Waals surface area (Å²) in [5.41, 5.74) is 0. The molecule has 21 heavy (non-hydrogen) atoms. The number of hydrogen-bond donors (Lipinski definition) is 0. The van der Waals surface area contributed by atoms with E-state index in [0.717, 1.165) is 5.92 Å². The van der Waals surface area contributed by atoms with E-state index >= 15 is 0 Å². The van der Waals surface area contributed by atoms with Gasteiger partial charge >= 0.3 is 0 Å². The Morgan fingerprint density at radius 1 is 0.714 bits per heavy atom. The molecule has 0 saturated carbocycles. The van der Waals surface area contributed by atoms with Gasteiger partial charge in [-0.2, -0.15) is 0 Å². The molecule has 0 radical (unpaired) electrons. The van der Waals surface area contributed by atoms with Gasteiger partial charge in [-0.1, -0.05) is 109 Å². The van der Waals surface area contributed by atoms with Crippen LogP contribution in [0, 0.1) is 5.92 Å². The SMILES string of the molecule is C=C.C=CC.CC.CC.CC.CC.CCC.CCC(C)C. The number of rotatable bonds is 1. The Kier molecular flexibility index (Phi) is 526. The van der Waals surface area contributed by atoms with E-state index in [1.807, 2.05) is 62.3 Å². The van der Waals surface area contributed by atoms with Gasteiger partial charge in [-0.15, -0.1) is 19.7 Å². The summed E-state index contributed by atoms with van der Waals surface area (Å²) >= 11 is 0. The van der Waals surface area contributed by atoms with Crippen LogP contribution in [0.4, 0.5) is 0 Å². The lowest BCUT2D eigenvalue weighted by molar-refractivity contribution is 0.626. The highest BCUT2D eigenvalue weighted by Gasteiger charge is 1.80. The second-order valence-electron chi connectivity index (χ2n) is 2.92. The average molecular weight is 307 g/mol. The van der Waals surface area contributed by atoms with Crippen LogP contribution in [0.1, 0.15) is 110 Å². The summed E-state index contributed by atoms with van der Waals surface area (Å²) in [6.45, 7) is 38.1. The maximum absolute atomic E-state index is 3.36. The van der Waals surface area contributed by atoms with Crippen molar-refractivity contribution >= 4 is 0 Å². The van der Waals surface area contributed by atoms with Gasteiger partial charge in [0.2, 0.25) is 0 Å². The number of hydrogen-bond acceptors (Lipinski definition) is 0. The molecule has 0 fully saturated rings. The van der Waals surface area contributed by atoms with E-state index in [2.05, 4.69) is 54.4 Å². The fourth-order valence-corrected chi connectivity index (χ4v) is 0. The summed E-state index contributed by atoms with van der Waals surface area (Å²) in [5, 5.41) is 0. The van der Waals surface area contributed by atoms with E-state index < -0.39 is 0 Å². The third-order valence-electron chi connectivity index (χ3n) is 0.816. The van der Waals surface area contributed by atoms with Crippen LogP contribution in [0.3, 0.4) is 0 Å². The molecule has 0 heteroatoms. The molecule has 0 nitrogen and oxygen atoms in total. The quantitative estimate of drug-likeness (QED) is 0.423. The summed E-state index contributed by atoms with van der Waals surface area (Å²) < 4.78 is 0. The molecule has 0 heterocycles. The largest absolute Gasteiger partial charge is 0.106 e. The molecule has 0 aromatic carbocycles. The molecule has 0 aromatic rings. The minimum absolute atomic E-state index is 0.884. The monoisotopic (exact) mass is 306 g/mol. The Morgan fingerprint density at radius 2 is 0.762 bits per heavy atom. The van der Waals surface area contributed by atoms with E-state index in [1.165, 1.54) is 12.8 Å². The van der Waals surface area contributed by atoms with Crippen LogP contribution < -0.4 is 0 Å². The van der Waals surface area contributed by atoms with E-state index in [-0.39, 0.29) is 0 Å². The fraction of sp³-hybridized carbons (Fsp3) is 0.810. The lowest BCUT2D eigenvalue weighted by Crippen LogP contribution is -1.77. The third kappa shape index (κ3) is 2720. The summed E-state index contributed by atoms with van der Waals surface area (Å²) in [4.78, 5) is 0. The maximum Gasteiger partial charge on any atom is -0.0473 e. The van der Waals surface area contributed by atoms with Crippen molar-refractivity contribution < 1.29 is 0 Å². The molecule has 0 aliphatic carbocycles. The van der Waals surface area contributed by atoms with Gasteiger partial charge < -0.3 is 0 Å². The van der Waals surface area contributed by atoms with Crippen LogP contribution in [0.15, 0.2) is 25.8 Å². The molecule has 0 aliphatic rings. The second-order valence-corrected chi connectivity index (χ2v) is 2.92. The van der Waals surface area contributed by atoms with Gasteiger partial charge in [-0.05, 0) is 12.8 Å². The van der Waals surface area contributed by atoms with E-state index in [0.29, 0.717) is 0 Å². The molecule has 0 atom stereocenters. The van der Waals surface area contributed by atoms with Gasteiger partial charge in [0, 0.05) is 0 Å². The van der Waals surface area contributed by atoms with Crippen LogP contribution in [-0.2, 0) is 0 Å². The second kappa shape index (κ2) is 222. The summed E-state index contributed by atoms with van der Waals surface area (Å²) in [5.74, 6) is 0.884. The highest BCUT2D eigenvalue weighted by molar-refractivity contribution is 4.51. The molecule has 0 N–H and O–H groups in total. The molecule has 0 aromatic heterocycles. The lowest BCUT2D eigenvalue weighted by Gasteiger charge is -1.90. The lowest BCUT2D eigenvalue weighted by atomic mass is 10.2. The van der Waals surface area contributed by atoms with Gasteiger partial charge in [0.25, 0.3) is 0 Å². The Labute approximate surface area is 142 Å². The minimum Gasteiger partial charge on any atom is -0.106 e. The van der Waals surface area contributed by atoms with Crippen LogP contribution in [0.2, 0.25) is 0 Å². The van der Waals surface area contributed by atoms with Gasteiger partial charge in [0.15, 0.2) is 0 Å². The first-order chi connectivity index (χ1) is 10.1. The van der Waals surface area contributed by atoms with E-state index in [9.17, 15) is 0 Å². The molecule has 0 saturated heterocycles. The predicted molar refractivity (Wildman–Crippen MR) is 114 cm³/mol. The van der Waals surface area contributed by atoms with Crippen molar-refractivity contribution in [1.29, 1.82) is 0 Å². The first kappa shape index (κ1) is 49.9. The van der Waals surface area contributed by atoms with Gasteiger partial charge in [-0.3, -0.25) is 0 Å². The summed E-state index contributed by atoms with van der Waals surface area (Å²) in [6.07, 6.45) is 4.31. The molecule has 0 aliphatic heterocycles. The third-order valence-corrected chi connectivity index (χ3v) is 0.816. The van der Waals surface area contributed by atoms with Gasteiger partial charge in [-0.25, -0.2) is 0 Å². The number of allylic oxidation sites excluding steroid dienone is 1. The van der Waals surface area contributed by atoms with Crippen molar-refractivity contribution in [3.63, 3.8) is 0 Å². The Bertz CT molecular complexity index is 53.1. The molecule has 0 unspecified atom stereocenters. The molecule has 138 valence electrons. The maximum atomic E-state index is 3.36. The molecule has 0 spiro atoms. The van der Waals surface area contributed by atoms with Crippen molar-refractivity contribution in [2.75, 3.05) is 0 Å². The zero-order valence-corrected chi connectivity index (χ0v) is 18.7. The zero-order valence-electron chi connectivity index (χ0n) is 18.7. The highest BCUT2D eigenvalue weighted by Crippen LogP contribution is 1.93. The zero-order chi connectivity index (χ0) is 19.7. The molecule has 0 amide bonds. The first-order valence-electron chi connectivity index (χ1n) is 9.17. The van der Waals surface area contributed by atoms with Crippen LogP contribution in [0.5, 0.6) is 0 Å². The first-order valence-corrected chi connectivity index (χ1v) is 9.17. The minimum atomic E-state index is 0.884. The van der Waals surface area contributed by atoms with Crippen molar-refractivity contribution in [3.05, 3.63) is 25.8 Å².